The van der Waals surface area contributed by atoms with Crippen LogP contribution in [0.5, 0.6) is 0 Å². The van der Waals surface area contributed by atoms with E-state index in [-0.39, 0.29) is 12.3 Å². The number of aryl methyl sites for hydroxylation is 2. The third-order valence-corrected chi connectivity index (χ3v) is 5.83. The van der Waals surface area contributed by atoms with Crippen molar-refractivity contribution < 1.29 is 18.9 Å². The van der Waals surface area contributed by atoms with Gasteiger partial charge in [-0.15, -0.1) is 0 Å². The van der Waals surface area contributed by atoms with Crippen LogP contribution >= 0.6 is 11.6 Å². The molecular weight excluding hydrogens is 420 g/mol. The third kappa shape index (κ3) is 3.42. The quantitative estimate of drug-likeness (QED) is 0.482. The maximum atomic E-state index is 13.1. The van der Waals surface area contributed by atoms with Crippen LogP contribution in [0.15, 0.2) is 40.9 Å². The Hall–Kier alpha value is -3.39. The number of imide groups is 1. The van der Waals surface area contributed by atoms with Gasteiger partial charge in [0.2, 0.25) is 0 Å². The van der Waals surface area contributed by atoms with E-state index < -0.39 is 17.5 Å². The first-order valence-electron chi connectivity index (χ1n) is 9.68. The zero-order valence-corrected chi connectivity index (χ0v) is 18.3. The SMILES string of the molecule is Cc1cc(-n2c(C)cc(C(=O)CN3C(=O)NC(C)(c4ccc(Cl)cc4)C3=O)c2C)no1. The second-order valence-electron chi connectivity index (χ2n) is 7.79. The fraction of sp³-hybridized carbons (Fsp3) is 0.273. The van der Waals surface area contributed by atoms with E-state index in [0.717, 1.165) is 10.6 Å². The van der Waals surface area contributed by atoms with E-state index >= 15 is 0 Å². The van der Waals surface area contributed by atoms with Gasteiger partial charge in [0.15, 0.2) is 11.6 Å². The predicted octanol–water partition coefficient (Wildman–Crippen LogP) is 3.69. The first-order chi connectivity index (χ1) is 14.6. The molecule has 1 atom stereocenters. The summed E-state index contributed by atoms with van der Waals surface area (Å²) < 4.78 is 6.94. The normalized spacial score (nSPS) is 18.5. The summed E-state index contributed by atoms with van der Waals surface area (Å²) >= 11 is 5.93. The second-order valence-corrected chi connectivity index (χ2v) is 8.23. The predicted molar refractivity (Wildman–Crippen MR) is 113 cm³/mol. The molecule has 3 amide bonds. The highest BCUT2D eigenvalue weighted by Crippen LogP contribution is 2.30. The average molecular weight is 441 g/mol. The van der Waals surface area contributed by atoms with E-state index in [2.05, 4.69) is 10.5 Å². The molecular formula is C22H21ClN4O4. The number of nitrogens with zero attached hydrogens (tertiary/aromatic N) is 3. The van der Waals surface area contributed by atoms with Gasteiger partial charge in [0.05, 0.1) is 6.54 Å². The molecule has 1 aliphatic rings. The van der Waals surface area contributed by atoms with Gasteiger partial charge in [-0.2, -0.15) is 0 Å². The molecule has 2 aromatic heterocycles. The highest BCUT2D eigenvalue weighted by molar-refractivity contribution is 6.30. The Bertz CT molecular complexity index is 1210. The summed E-state index contributed by atoms with van der Waals surface area (Å²) in [5.41, 5.74) is 1.18. The van der Waals surface area contributed by atoms with Crippen LogP contribution in [0.4, 0.5) is 4.79 Å². The summed E-state index contributed by atoms with van der Waals surface area (Å²) in [6.07, 6.45) is 0. The molecule has 3 aromatic rings. The van der Waals surface area contributed by atoms with Crippen molar-refractivity contribution in [3.63, 3.8) is 0 Å². The van der Waals surface area contributed by atoms with Gasteiger partial charge in [0.1, 0.15) is 11.3 Å². The summed E-state index contributed by atoms with van der Waals surface area (Å²) in [4.78, 5) is 39.7. The van der Waals surface area contributed by atoms with Crippen LogP contribution in [-0.2, 0) is 10.3 Å². The fourth-order valence-electron chi connectivity index (χ4n) is 3.90. The highest BCUT2D eigenvalue weighted by atomic mass is 35.5. The number of hydrogen-bond acceptors (Lipinski definition) is 5. The van der Waals surface area contributed by atoms with Crippen molar-refractivity contribution in [2.45, 2.75) is 33.2 Å². The fourth-order valence-corrected chi connectivity index (χ4v) is 4.03. The maximum Gasteiger partial charge on any atom is 0.325 e. The number of benzene rings is 1. The van der Waals surface area contributed by atoms with Gasteiger partial charge in [0.25, 0.3) is 5.91 Å². The molecule has 1 aromatic carbocycles. The van der Waals surface area contributed by atoms with Crippen molar-refractivity contribution in [2.24, 2.45) is 0 Å². The first kappa shape index (κ1) is 20.9. The Morgan fingerprint density at radius 2 is 1.84 bits per heavy atom. The van der Waals surface area contributed by atoms with E-state index in [4.69, 9.17) is 16.1 Å². The van der Waals surface area contributed by atoms with E-state index in [1.807, 2.05) is 6.92 Å². The Morgan fingerprint density at radius 1 is 1.16 bits per heavy atom. The number of hydrogen-bond donors (Lipinski definition) is 1. The lowest BCUT2D eigenvalue weighted by molar-refractivity contribution is -0.130. The second kappa shape index (κ2) is 7.39. The monoisotopic (exact) mass is 440 g/mol. The van der Waals surface area contributed by atoms with E-state index in [9.17, 15) is 14.4 Å². The Balaban J connectivity index is 1.60. The number of halogens is 1. The molecule has 1 unspecified atom stereocenters. The van der Waals surface area contributed by atoms with Crippen molar-refractivity contribution >= 4 is 29.3 Å². The summed E-state index contributed by atoms with van der Waals surface area (Å²) in [6.45, 7) is 6.66. The Kier molecular flexibility index (Phi) is 4.97. The lowest BCUT2D eigenvalue weighted by atomic mass is 9.92. The minimum Gasteiger partial charge on any atom is -0.360 e. The van der Waals surface area contributed by atoms with Gasteiger partial charge in [0, 0.05) is 28.0 Å². The molecule has 1 saturated heterocycles. The lowest BCUT2D eigenvalue weighted by Gasteiger charge is -2.22. The number of carbonyl (C=O) groups excluding carboxylic acids is 3. The van der Waals surface area contributed by atoms with Gasteiger partial charge in [-0.25, -0.2) is 4.79 Å². The smallest absolute Gasteiger partial charge is 0.325 e. The maximum absolute atomic E-state index is 13.1. The largest absolute Gasteiger partial charge is 0.360 e. The van der Waals surface area contributed by atoms with Crippen molar-refractivity contribution in [3.05, 3.63) is 69.7 Å². The molecule has 1 aliphatic heterocycles. The standard InChI is InChI=1S/C22H21ClN4O4/c1-12-9-17(14(3)27(12)19-10-13(2)31-25-19)18(28)11-26-20(29)22(4,24-21(26)30)15-5-7-16(23)8-6-15/h5-10H,11H2,1-4H3,(H,24,30). The molecule has 0 radical (unpaired) electrons. The van der Waals surface area contributed by atoms with Gasteiger partial charge in [-0.1, -0.05) is 28.9 Å². The van der Waals surface area contributed by atoms with Gasteiger partial charge in [-0.3, -0.25) is 19.1 Å². The van der Waals surface area contributed by atoms with Crippen LogP contribution in [0.25, 0.3) is 5.82 Å². The van der Waals surface area contributed by atoms with Crippen LogP contribution in [0.2, 0.25) is 5.02 Å². The summed E-state index contributed by atoms with van der Waals surface area (Å²) in [5, 5.41) is 7.22. The van der Waals surface area contributed by atoms with Crippen molar-refractivity contribution in [1.82, 2.24) is 19.9 Å². The molecule has 4 rings (SSSR count). The van der Waals surface area contributed by atoms with Gasteiger partial charge >= 0.3 is 6.03 Å². The van der Waals surface area contributed by atoms with Crippen LogP contribution in [0.1, 0.15) is 40.0 Å². The molecule has 1 fully saturated rings. The molecule has 9 heteroatoms. The molecule has 0 bridgehead atoms. The third-order valence-electron chi connectivity index (χ3n) is 5.57. The van der Waals surface area contributed by atoms with Crippen molar-refractivity contribution in [2.75, 3.05) is 6.54 Å². The Labute approximate surface area is 183 Å². The molecule has 160 valence electrons. The number of amides is 3. The van der Waals surface area contributed by atoms with Crippen LogP contribution in [-0.4, -0.2) is 38.9 Å². The summed E-state index contributed by atoms with van der Waals surface area (Å²) in [6, 6.07) is 9.53. The minimum atomic E-state index is -1.27. The number of Topliss-reactive ketones (excluding diaryl/α,β-unsaturated/α-hetero) is 1. The lowest BCUT2D eigenvalue weighted by Crippen LogP contribution is -2.41. The number of ketones is 1. The summed E-state index contributed by atoms with van der Waals surface area (Å²) in [7, 11) is 0. The van der Waals surface area contributed by atoms with Gasteiger partial charge in [-0.05, 0) is 51.5 Å². The zero-order valence-electron chi connectivity index (χ0n) is 17.5. The van der Waals surface area contributed by atoms with E-state index in [0.29, 0.717) is 33.4 Å². The highest BCUT2D eigenvalue weighted by Gasteiger charge is 2.49. The average Bonchev–Trinajstić information content (AvgIpc) is 3.33. The van der Waals surface area contributed by atoms with Crippen LogP contribution < -0.4 is 5.32 Å². The van der Waals surface area contributed by atoms with E-state index in [1.54, 1.807) is 61.7 Å². The number of rotatable bonds is 5. The van der Waals surface area contributed by atoms with E-state index in [1.165, 1.54) is 0 Å². The molecule has 0 aliphatic carbocycles. The molecule has 1 N–H and O–H groups in total. The van der Waals surface area contributed by atoms with Crippen molar-refractivity contribution in [1.29, 1.82) is 0 Å². The number of urea groups is 1. The molecule has 3 heterocycles. The molecule has 0 saturated carbocycles. The molecule has 8 nitrogen and oxygen atoms in total. The minimum absolute atomic E-state index is 0.344. The first-order valence-corrected chi connectivity index (χ1v) is 10.1. The van der Waals surface area contributed by atoms with Gasteiger partial charge < -0.3 is 9.84 Å². The van der Waals surface area contributed by atoms with Crippen molar-refractivity contribution in [3.8, 4) is 5.82 Å². The number of nitrogens with one attached hydrogen (secondary N) is 1. The van der Waals surface area contributed by atoms with Crippen LogP contribution in [0, 0.1) is 20.8 Å². The number of carbonyl (C=O) groups is 3. The summed E-state index contributed by atoms with van der Waals surface area (Å²) in [5.74, 6) is 0.380. The van der Waals surface area contributed by atoms with Crippen LogP contribution in [0.3, 0.4) is 0 Å². The number of aromatic nitrogens is 2. The topological polar surface area (TPSA) is 97.4 Å². The molecule has 0 spiro atoms. The Morgan fingerprint density at radius 3 is 2.45 bits per heavy atom. The molecule has 31 heavy (non-hydrogen) atoms. The zero-order chi connectivity index (χ0) is 22.5.